The van der Waals surface area contributed by atoms with E-state index in [4.69, 9.17) is 27.7 Å². The molecule has 0 aromatic rings. The van der Waals surface area contributed by atoms with Crippen molar-refractivity contribution in [2.45, 2.75) is 116 Å². The molecule has 0 radical (unpaired) electrons. The van der Waals surface area contributed by atoms with E-state index in [2.05, 4.69) is 6.92 Å². The van der Waals surface area contributed by atoms with Gasteiger partial charge < -0.3 is 10.2 Å². The zero-order chi connectivity index (χ0) is 24.0. The van der Waals surface area contributed by atoms with Gasteiger partial charge >= 0.3 is 51.9 Å². The topological polar surface area (TPSA) is 149 Å². The van der Waals surface area contributed by atoms with Crippen molar-refractivity contribution >= 4 is 51.9 Å². The molecule has 10 heteroatoms. The van der Waals surface area contributed by atoms with E-state index in [1.807, 2.05) is 0 Å². The fourth-order valence-electron chi connectivity index (χ4n) is 3.25. The van der Waals surface area contributed by atoms with Crippen LogP contribution in [0.15, 0.2) is 11.6 Å². The molecule has 0 aromatic carbocycles. The average molecular weight is 491 g/mol. The van der Waals surface area contributed by atoms with E-state index >= 15 is 0 Å². The number of carbonyl (C=O) groups is 2. The number of hydrogen-bond acceptors (Lipinski definition) is 4. The summed E-state index contributed by atoms with van der Waals surface area (Å²) in [5, 5.41) is 17.5. The first-order chi connectivity index (χ1) is 14.6. The molecule has 0 rings (SSSR count). The Morgan fingerprint density at radius 1 is 0.656 bits per heavy atom. The third-order valence-corrected chi connectivity index (χ3v) is 4.87. The van der Waals surface area contributed by atoms with Gasteiger partial charge in [0.1, 0.15) is 0 Å². The summed E-state index contributed by atoms with van der Waals surface area (Å²) in [7, 11) is -4.67. The molecule has 0 bridgehead atoms. The molecule has 4 N–H and O–H groups in total. The Labute approximate surface area is 216 Å². The summed E-state index contributed by atoms with van der Waals surface area (Å²) >= 11 is 0. The van der Waals surface area contributed by atoms with Crippen LogP contribution in [0.3, 0.4) is 0 Å². The van der Waals surface area contributed by atoms with Crippen LogP contribution in [0.4, 0.5) is 0 Å². The van der Waals surface area contributed by atoms with Crippen LogP contribution in [-0.2, 0) is 20.0 Å². The molecule has 0 amide bonds. The number of unbranched alkanes of at least 4 members (excludes halogenated alkanes) is 15. The molecular formula is C22H43NaO8S. The van der Waals surface area contributed by atoms with Crippen LogP contribution in [-0.4, -0.2) is 69.2 Å². The predicted molar refractivity (Wildman–Crippen MR) is 129 cm³/mol. The molecule has 0 fully saturated rings. The molecule has 0 aliphatic rings. The molecule has 0 aliphatic carbocycles. The van der Waals surface area contributed by atoms with Crippen molar-refractivity contribution in [3.05, 3.63) is 11.6 Å². The van der Waals surface area contributed by atoms with Crippen molar-refractivity contribution in [1.29, 1.82) is 0 Å². The van der Waals surface area contributed by atoms with Crippen molar-refractivity contribution < 1.29 is 37.3 Å². The molecule has 186 valence electrons. The van der Waals surface area contributed by atoms with Crippen LogP contribution >= 0.6 is 0 Å². The third kappa shape index (κ3) is 36.9. The summed E-state index contributed by atoms with van der Waals surface area (Å²) in [6, 6.07) is 0. The zero-order valence-electron chi connectivity index (χ0n) is 18.9. The van der Waals surface area contributed by atoms with Gasteiger partial charge in [-0.1, -0.05) is 103 Å². The number of hydrogen-bond donors (Lipinski definition) is 4. The first kappa shape index (κ1) is 36.1. The SMILES string of the molecule is CCCCCCCCCCCCCCCCCCC(=CC(=O)O)C(=O)O.O=S(=O)(O)O.[NaH]. The van der Waals surface area contributed by atoms with Gasteiger partial charge in [0.05, 0.1) is 0 Å². The minimum absolute atomic E-state index is 0. The second kappa shape index (κ2) is 25.2. The van der Waals surface area contributed by atoms with Crippen LogP contribution < -0.4 is 0 Å². The predicted octanol–water partition coefficient (Wildman–Crippen LogP) is 5.43. The molecule has 0 atom stereocenters. The van der Waals surface area contributed by atoms with Gasteiger partial charge in [-0.05, 0) is 12.8 Å². The molecule has 0 saturated heterocycles. The Bertz CT molecular complexity index is 583. The summed E-state index contributed by atoms with van der Waals surface area (Å²) in [4.78, 5) is 21.4. The molecule has 0 saturated carbocycles. The molecule has 0 aliphatic heterocycles. The van der Waals surface area contributed by atoms with Crippen LogP contribution in [0, 0.1) is 0 Å². The first-order valence-electron chi connectivity index (χ1n) is 11.4. The van der Waals surface area contributed by atoms with Crippen LogP contribution in [0.2, 0.25) is 0 Å². The van der Waals surface area contributed by atoms with Gasteiger partial charge in [0.2, 0.25) is 0 Å². The number of carboxylic acid groups (broad SMARTS) is 2. The summed E-state index contributed by atoms with van der Waals surface area (Å²) in [6.07, 6.45) is 21.6. The second-order valence-corrected chi connectivity index (χ2v) is 8.71. The van der Waals surface area contributed by atoms with E-state index < -0.39 is 22.3 Å². The van der Waals surface area contributed by atoms with E-state index in [1.54, 1.807) is 0 Å². The van der Waals surface area contributed by atoms with E-state index in [0.717, 1.165) is 25.3 Å². The summed E-state index contributed by atoms with van der Waals surface area (Å²) < 4.78 is 31.6. The first-order valence-corrected chi connectivity index (χ1v) is 12.8. The second-order valence-electron chi connectivity index (χ2n) is 7.81. The Hall–Kier alpha value is -0.450. The Morgan fingerprint density at radius 2 is 0.938 bits per heavy atom. The number of carboxylic acids is 2. The van der Waals surface area contributed by atoms with Crippen LogP contribution in [0.5, 0.6) is 0 Å². The van der Waals surface area contributed by atoms with Gasteiger partial charge in [0.25, 0.3) is 0 Å². The van der Waals surface area contributed by atoms with E-state index in [1.165, 1.54) is 83.5 Å². The minimum atomic E-state index is -4.67. The zero-order valence-corrected chi connectivity index (χ0v) is 19.7. The van der Waals surface area contributed by atoms with Crippen molar-refractivity contribution in [3.8, 4) is 0 Å². The van der Waals surface area contributed by atoms with E-state index in [9.17, 15) is 9.59 Å². The molecule has 0 heterocycles. The van der Waals surface area contributed by atoms with Gasteiger partial charge in [-0.15, -0.1) is 0 Å². The van der Waals surface area contributed by atoms with Crippen molar-refractivity contribution in [3.63, 3.8) is 0 Å². The van der Waals surface area contributed by atoms with Gasteiger partial charge in [-0.3, -0.25) is 9.11 Å². The normalized spacial score (nSPS) is 11.3. The molecular weight excluding hydrogens is 447 g/mol. The fourth-order valence-corrected chi connectivity index (χ4v) is 3.25. The van der Waals surface area contributed by atoms with Crippen LogP contribution in [0.25, 0.3) is 0 Å². The Morgan fingerprint density at radius 3 is 1.19 bits per heavy atom. The number of aliphatic carboxylic acids is 2. The van der Waals surface area contributed by atoms with Crippen molar-refractivity contribution in [2.24, 2.45) is 0 Å². The molecule has 0 unspecified atom stereocenters. The van der Waals surface area contributed by atoms with Crippen molar-refractivity contribution in [1.82, 2.24) is 0 Å². The average Bonchev–Trinajstić information content (AvgIpc) is 2.65. The monoisotopic (exact) mass is 490 g/mol. The van der Waals surface area contributed by atoms with Crippen molar-refractivity contribution in [2.75, 3.05) is 0 Å². The van der Waals surface area contributed by atoms with Gasteiger partial charge in [0, 0.05) is 11.6 Å². The standard InChI is InChI=1S/C22H40O4.Na.H2O4S.H/c1-2-3-4-5-6-7-8-9-10-11-12-13-14-15-16-17-18-20(22(25)26)19-21(23)24;;1-5(2,3)4;/h19H,2-18H2,1H3,(H,23,24)(H,25,26);;(H2,1,2,3,4);. The van der Waals surface area contributed by atoms with Gasteiger partial charge in [-0.2, -0.15) is 8.42 Å². The maximum absolute atomic E-state index is 10.9. The Kier molecular flexibility index (Phi) is 28.4. The maximum atomic E-state index is 10.9. The fraction of sp³-hybridized carbons (Fsp3) is 0.818. The van der Waals surface area contributed by atoms with Crippen LogP contribution in [0.1, 0.15) is 116 Å². The third-order valence-electron chi connectivity index (χ3n) is 4.87. The van der Waals surface area contributed by atoms with Gasteiger partial charge in [-0.25, -0.2) is 9.59 Å². The van der Waals surface area contributed by atoms with E-state index in [0.29, 0.717) is 6.42 Å². The summed E-state index contributed by atoms with van der Waals surface area (Å²) in [5.41, 5.74) is 0.00265. The molecule has 8 nitrogen and oxygen atoms in total. The summed E-state index contributed by atoms with van der Waals surface area (Å²) in [5.74, 6) is -2.30. The van der Waals surface area contributed by atoms with Gasteiger partial charge in [0.15, 0.2) is 0 Å². The molecule has 0 aromatic heterocycles. The van der Waals surface area contributed by atoms with E-state index in [-0.39, 0.29) is 35.1 Å². The quantitative estimate of drug-likeness (QED) is 0.0810. The molecule has 32 heavy (non-hydrogen) atoms. The summed E-state index contributed by atoms with van der Waals surface area (Å²) in [6.45, 7) is 2.26. The molecule has 0 spiro atoms. The Balaban J connectivity index is -0.00000125. The number of rotatable bonds is 19.